The van der Waals surface area contributed by atoms with Gasteiger partial charge in [-0.05, 0) is 42.0 Å². The van der Waals surface area contributed by atoms with Crippen LogP contribution in [0.25, 0.3) is 50.3 Å². The normalized spacial score (nSPS) is 13.0. The van der Waals surface area contributed by atoms with E-state index < -0.39 is 0 Å². The number of rotatable bonds is 4. The molecule has 50 heavy (non-hydrogen) atoms. The summed E-state index contributed by atoms with van der Waals surface area (Å²) < 4.78 is 2.31. The van der Waals surface area contributed by atoms with Gasteiger partial charge in [0.1, 0.15) is 0 Å². The highest BCUT2D eigenvalue weighted by atomic mass is 15.2. The average Bonchev–Trinajstić information content (AvgIpc) is 3.50. The topological polar surface area (TPSA) is 34.0 Å². The standard InChI is InChI=1S/C43H32N4.C3H8/c1-43(2)34-23-13-15-25-38(34)46(31-20-10-5-11-21-31)39-27-26-33-32-22-12-14-24-37(32)47(41(33)40(39)43)42-44-35(29-16-6-3-7-17-29)28-36(45-42)30-18-8-4-9-19-30;1-3-2/h3-28H,1-2H3;3H2,1-2H3. The van der Waals surface area contributed by atoms with E-state index in [1.165, 1.54) is 39.7 Å². The van der Waals surface area contributed by atoms with E-state index in [1.807, 2.05) is 12.1 Å². The largest absolute Gasteiger partial charge is 0.310 e. The van der Waals surface area contributed by atoms with Gasteiger partial charge in [-0.3, -0.25) is 4.57 Å². The number of aromatic nitrogens is 3. The third-order valence-corrected chi connectivity index (χ3v) is 9.57. The maximum atomic E-state index is 5.33. The fourth-order valence-electron chi connectivity index (χ4n) is 7.42. The zero-order chi connectivity index (χ0) is 34.2. The van der Waals surface area contributed by atoms with E-state index in [-0.39, 0.29) is 5.41 Å². The van der Waals surface area contributed by atoms with Gasteiger partial charge in [0.2, 0.25) is 5.95 Å². The third kappa shape index (κ3) is 5.16. The molecule has 0 N–H and O–H groups in total. The van der Waals surface area contributed by atoms with Crippen molar-refractivity contribution in [2.45, 2.75) is 39.5 Å². The predicted octanol–water partition coefficient (Wildman–Crippen LogP) is 12.4. The SMILES string of the molecule is CC1(C)c2ccccc2N(c2ccccc2)c2ccc3c4ccccc4n(-c4nc(-c5ccccc5)cc(-c5ccccc5)n4)c3c21.CCC. The van der Waals surface area contributed by atoms with E-state index in [9.17, 15) is 0 Å². The summed E-state index contributed by atoms with van der Waals surface area (Å²) in [7, 11) is 0. The van der Waals surface area contributed by atoms with E-state index in [4.69, 9.17) is 9.97 Å². The summed E-state index contributed by atoms with van der Waals surface area (Å²) in [5, 5.41) is 2.37. The van der Waals surface area contributed by atoms with Crippen LogP contribution in [0.3, 0.4) is 0 Å². The smallest absolute Gasteiger partial charge is 0.235 e. The highest BCUT2D eigenvalue weighted by molar-refractivity contribution is 6.13. The molecule has 0 atom stereocenters. The van der Waals surface area contributed by atoms with Crippen LogP contribution in [-0.4, -0.2) is 14.5 Å². The summed E-state index contributed by atoms with van der Waals surface area (Å²) in [6.07, 6.45) is 1.25. The van der Waals surface area contributed by atoms with Gasteiger partial charge in [-0.2, -0.15) is 0 Å². The van der Waals surface area contributed by atoms with E-state index in [0.29, 0.717) is 5.95 Å². The van der Waals surface area contributed by atoms with Crippen LogP contribution >= 0.6 is 0 Å². The van der Waals surface area contributed by atoms with Gasteiger partial charge in [0, 0.05) is 38.6 Å². The van der Waals surface area contributed by atoms with Gasteiger partial charge in [-0.15, -0.1) is 0 Å². The van der Waals surface area contributed by atoms with E-state index in [0.717, 1.165) is 39.2 Å². The van der Waals surface area contributed by atoms with Crippen molar-refractivity contribution in [3.05, 3.63) is 169 Å². The number of para-hydroxylation sites is 3. The monoisotopic (exact) mass is 648 g/mol. The zero-order valence-electron chi connectivity index (χ0n) is 29.0. The predicted molar refractivity (Wildman–Crippen MR) is 210 cm³/mol. The van der Waals surface area contributed by atoms with Gasteiger partial charge < -0.3 is 4.90 Å². The lowest BCUT2D eigenvalue weighted by Gasteiger charge is -2.42. The Labute approximate surface area is 294 Å². The number of benzene rings is 6. The summed E-state index contributed by atoms with van der Waals surface area (Å²) in [5.74, 6) is 0.658. The van der Waals surface area contributed by atoms with Crippen LogP contribution in [0.1, 0.15) is 45.2 Å². The quantitative estimate of drug-likeness (QED) is 0.190. The second kappa shape index (κ2) is 12.8. The first-order valence-corrected chi connectivity index (χ1v) is 17.5. The van der Waals surface area contributed by atoms with Crippen molar-refractivity contribution in [3.8, 4) is 28.5 Å². The minimum atomic E-state index is -0.317. The average molecular weight is 649 g/mol. The van der Waals surface area contributed by atoms with Crippen molar-refractivity contribution >= 4 is 38.9 Å². The van der Waals surface area contributed by atoms with Crippen molar-refractivity contribution in [3.63, 3.8) is 0 Å². The highest BCUT2D eigenvalue weighted by Crippen LogP contribution is 2.55. The molecule has 1 aliphatic heterocycles. The molecule has 0 spiro atoms. The molecule has 0 aliphatic carbocycles. The van der Waals surface area contributed by atoms with Crippen molar-refractivity contribution in [2.24, 2.45) is 0 Å². The molecule has 8 aromatic rings. The third-order valence-electron chi connectivity index (χ3n) is 9.57. The molecule has 4 heteroatoms. The first-order chi connectivity index (χ1) is 24.5. The highest BCUT2D eigenvalue weighted by Gasteiger charge is 2.39. The number of fused-ring (bicyclic) bond motifs is 6. The maximum Gasteiger partial charge on any atom is 0.235 e. The fraction of sp³-hybridized carbons (Fsp3) is 0.130. The van der Waals surface area contributed by atoms with Gasteiger partial charge >= 0.3 is 0 Å². The minimum absolute atomic E-state index is 0.317. The maximum absolute atomic E-state index is 5.33. The molecule has 0 saturated carbocycles. The molecule has 3 heterocycles. The Bertz CT molecular complexity index is 2390. The van der Waals surface area contributed by atoms with E-state index in [2.05, 4.69) is 183 Å². The molecular weight excluding hydrogens is 609 g/mol. The van der Waals surface area contributed by atoms with Crippen LogP contribution in [0.5, 0.6) is 0 Å². The second-order valence-electron chi connectivity index (χ2n) is 13.4. The summed E-state index contributed by atoms with van der Waals surface area (Å²) in [6.45, 7) is 8.95. The summed E-state index contributed by atoms with van der Waals surface area (Å²) >= 11 is 0. The fourth-order valence-corrected chi connectivity index (χ4v) is 7.42. The Morgan fingerprint density at radius 1 is 0.540 bits per heavy atom. The van der Waals surface area contributed by atoms with Gasteiger partial charge in [0.05, 0.1) is 33.8 Å². The molecule has 0 amide bonds. The lowest BCUT2D eigenvalue weighted by molar-refractivity contribution is 0.635. The lowest BCUT2D eigenvalue weighted by Crippen LogP contribution is -2.31. The molecule has 2 aromatic heterocycles. The van der Waals surface area contributed by atoms with Crippen LogP contribution in [-0.2, 0) is 5.41 Å². The van der Waals surface area contributed by atoms with Gasteiger partial charge in [0.15, 0.2) is 0 Å². The Morgan fingerprint density at radius 3 is 1.72 bits per heavy atom. The Hall–Kier alpha value is -6.00. The van der Waals surface area contributed by atoms with E-state index >= 15 is 0 Å². The van der Waals surface area contributed by atoms with Crippen LogP contribution in [0.4, 0.5) is 17.1 Å². The van der Waals surface area contributed by atoms with Gasteiger partial charge in [0.25, 0.3) is 0 Å². The van der Waals surface area contributed by atoms with Crippen molar-refractivity contribution in [1.82, 2.24) is 14.5 Å². The Balaban J connectivity index is 0.00000116. The molecule has 1 aliphatic rings. The first-order valence-electron chi connectivity index (χ1n) is 17.5. The molecule has 244 valence electrons. The lowest BCUT2D eigenvalue weighted by atomic mass is 9.72. The van der Waals surface area contributed by atoms with Crippen molar-refractivity contribution < 1.29 is 0 Å². The molecule has 4 nitrogen and oxygen atoms in total. The first kappa shape index (κ1) is 31.3. The van der Waals surface area contributed by atoms with Gasteiger partial charge in [-0.1, -0.05) is 155 Å². The Kier molecular flexibility index (Phi) is 8.00. The molecule has 0 unspecified atom stereocenters. The van der Waals surface area contributed by atoms with Crippen LogP contribution in [0.15, 0.2) is 158 Å². The van der Waals surface area contributed by atoms with Crippen molar-refractivity contribution in [2.75, 3.05) is 4.90 Å². The molecule has 9 rings (SSSR count). The zero-order valence-corrected chi connectivity index (χ0v) is 29.0. The van der Waals surface area contributed by atoms with Crippen molar-refractivity contribution in [1.29, 1.82) is 0 Å². The molecular formula is C46H40N4. The summed E-state index contributed by atoms with van der Waals surface area (Å²) in [6, 6.07) is 55.7. The minimum Gasteiger partial charge on any atom is -0.310 e. The number of hydrogen-bond acceptors (Lipinski definition) is 3. The van der Waals surface area contributed by atoms with Crippen LogP contribution in [0.2, 0.25) is 0 Å². The molecule has 0 fully saturated rings. The molecule has 6 aromatic carbocycles. The Morgan fingerprint density at radius 2 is 1.08 bits per heavy atom. The van der Waals surface area contributed by atoms with Crippen LogP contribution in [0, 0.1) is 0 Å². The van der Waals surface area contributed by atoms with Gasteiger partial charge in [-0.25, -0.2) is 9.97 Å². The van der Waals surface area contributed by atoms with E-state index in [1.54, 1.807) is 0 Å². The molecule has 0 bridgehead atoms. The second-order valence-corrected chi connectivity index (χ2v) is 13.4. The molecule has 0 radical (unpaired) electrons. The number of hydrogen-bond donors (Lipinski definition) is 0. The molecule has 0 saturated heterocycles. The summed E-state index contributed by atoms with van der Waals surface area (Å²) in [4.78, 5) is 13.1. The number of nitrogens with zero attached hydrogens (tertiary/aromatic N) is 4. The number of anilines is 3. The van der Waals surface area contributed by atoms with Crippen LogP contribution < -0.4 is 4.90 Å². The summed E-state index contributed by atoms with van der Waals surface area (Å²) in [5.41, 5.74) is 11.8.